The highest BCUT2D eigenvalue weighted by Crippen LogP contribution is 1.99. The molecule has 0 unspecified atom stereocenters. The van der Waals surface area contributed by atoms with Crippen molar-refractivity contribution in [2.45, 2.75) is 32.2 Å². The molecule has 0 atom stereocenters. The van der Waals surface area contributed by atoms with Crippen LogP contribution in [0.2, 0.25) is 0 Å². The zero-order valence-corrected chi connectivity index (χ0v) is 9.58. The fourth-order valence-electron chi connectivity index (χ4n) is 1.51. The van der Waals surface area contributed by atoms with E-state index in [1.165, 1.54) is 25.0 Å². The van der Waals surface area contributed by atoms with Crippen molar-refractivity contribution in [3.05, 3.63) is 30.6 Å². The summed E-state index contributed by atoms with van der Waals surface area (Å²) in [5.41, 5.74) is 1.24. The van der Waals surface area contributed by atoms with Crippen LogP contribution in [0.25, 0.3) is 0 Å². The number of rotatable bonds is 8. The molecule has 1 aromatic rings. The number of hydrogen-bond acceptors (Lipinski definition) is 2. The molecule has 0 saturated heterocycles. The number of aromatic nitrogens is 2. The second-order valence-electron chi connectivity index (χ2n) is 3.76. The predicted octanol–water partition coefficient (Wildman–Crippen LogP) is 2.26. The van der Waals surface area contributed by atoms with Crippen molar-refractivity contribution in [1.82, 2.24) is 15.1 Å². The van der Waals surface area contributed by atoms with Gasteiger partial charge in [0.15, 0.2) is 0 Å². The molecule has 0 radical (unpaired) electrons. The van der Waals surface area contributed by atoms with Gasteiger partial charge in [-0.15, -0.1) is 6.58 Å². The highest BCUT2D eigenvalue weighted by atomic mass is 15.3. The Morgan fingerprint density at radius 1 is 1.47 bits per heavy atom. The highest BCUT2D eigenvalue weighted by Gasteiger charge is 1.96. The summed E-state index contributed by atoms with van der Waals surface area (Å²) in [5, 5.41) is 7.54. The quantitative estimate of drug-likeness (QED) is 0.523. The molecular formula is C12H21N3. The molecule has 0 spiro atoms. The zero-order valence-electron chi connectivity index (χ0n) is 9.58. The van der Waals surface area contributed by atoms with Crippen LogP contribution >= 0.6 is 0 Å². The molecule has 0 saturated carbocycles. The fraction of sp³-hybridized carbons (Fsp3) is 0.583. The number of nitrogens with zero attached hydrogens (tertiary/aromatic N) is 2. The Bertz CT molecular complexity index is 278. The summed E-state index contributed by atoms with van der Waals surface area (Å²) >= 11 is 0. The third-order valence-corrected chi connectivity index (χ3v) is 2.49. The Hall–Kier alpha value is -1.09. The molecule has 0 fully saturated rings. The molecule has 0 aliphatic rings. The summed E-state index contributed by atoms with van der Waals surface area (Å²) in [7, 11) is 1.97. The van der Waals surface area contributed by atoms with Crippen LogP contribution in [0.3, 0.4) is 0 Å². The molecule has 0 aliphatic carbocycles. The Kier molecular flexibility index (Phi) is 5.78. The molecule has 3 heteroatoms. The molecule has 1 N–H and O–H groups in total. The number of unbranched alkanes of at least 4 members (excludes halogenated alkanes) is 3. The lowest BCUT2D eigenvalue weighted by atomic mass is 10.2. The van der Waals surface area contributed by atoms with E-state index in [9.17, 15) is 0 Å². The van der Waals surface area contributed by atoms with Crippen molar-refractivity contribution in [3.8, 4) is 0 Å². The first-order chi connectivity index (χ1) is 7.34. The number of nitrogens with one attached hydrogen (secondary N) is 1. The topological polar surface area (TPSA) is 29.9 Å². The summed E-state index contributed by atoms with van der Waals surface area (Å²) in [5.74, 6) is 0. The number of allylic oxidation sites excluding steroid dienone is 1. The number of aryl methyl sites for hydroxylation is 1. The summed E-state index contributed by atoms with van der Waals surface area (Å²) in [6.07, 6.45) is 8.75. The maximum atomic E-state index is 4.12. The minimum Gasteiger partial charge on any atom is -0.311 e. The second-order valence-corrected chi connectivity index (χ2v) is 3.76. The second kappa shape index (κ2) is 7.23. The Labute approximate surface area is 92.2 Å². The van der Waals surface area contributed by atoms with Crippen LogP contribution in [-0.4, -0.2) is 16.3 Å². The van der Waals surface area contributed by atoms with E-state index in [1.807, 2.05) is 30.1 Å². The molecular weight excluding hydrogens is 186 g/mol. The van der Waals surface area contributed by atoms with Crippen molar-refractivity contribution in [2.75, 3.05) is 6.54 Å². The van der Waals surface area contributed by atoms with E-state index in [2.05, 4.69) is 17.0 Å². The SMILES string of the molecule is C=CCCCCCNCc1ccnn1C. The molecule has 0 aromatic carbocycles. The molecule has 84 valence electrons. The van der Waals surface area contributed by atoms with Crippen LogP contribution in [0.5, 0.6) is 0 Å². The standard InChI is InChI=1S/C12H21N3/c1-3-4-5-6-7-9-13-11-12-8-10-14-15(12)2/h3,8,10,13H,1,4-7,9,11H2,2H3. The Balaban J connectivity index is 1.98. The van der Waals surface area contributed by atoms with Crippen molar-refractivity contribution < 1.29 is 0 Å². The van der Waals surface area contributed by atoms with E-state index >= 15 is 0 Å². The fourth-order valence-corrected chi connectivity index (χ4v) is 1.51. The minimum absolute atomic E-state index is 0.915. The molecule has 0 aliphatic heterocycles. The predicted molar refractivity (Wildman–Crippen MR) is 63.6 cm³/mol. The molecule has 1 heterocycles. The van der Waals surface area contributed by atoms with Gasteiger partial charge in [0.2, 0.25) is 0 Å². The normalized spacial score (nSPS) is 10.5. The van der Waals surface area contributed by atoms with Gasteiger partial charge < -0.3 is 5.32 Å². The smallest absolute Gasteiger partial charge is 0.0518 e. The molecule has 0 bridgehead atoms. The molecule has 1 rings (SSSR count). The third-order valence-electron chi connectivity index (χ3n) is 2.49. The van der Waals surface area contributed by atoms with E-state index < -0.39 is 0 Å². The number of hydrogen-bond donors (Lipinski definition) is 1. The van der Waals surface area contributed by atoms with Crippen LogP contribution in [0.4, 0.5) is 0 Å². The van der Waals surface area contributed by atoms with Crippen LogP contribution in [0.15, 0.2) is 24.9 Å². The van der Waals surface area contributed by atoms with Gasteiger partial charge in [0.05, 0.1) is 5.69 Å². The van der Waals surface area contributed by atoms with Gasteiger partial charge in [-0.3, -0.25) is 4.68 Å². The van der Waals surface area contributed by atoms with Crippen molar-refractivity contribution in [2.24, 2.45) is 7.05 Å². The molecule has 3 nitrogen and oxygen atoms in total. The van der Waals surface area contributed by atoms with Gasteiger partial charge in [-0.05, 0) is 31.9 Å². The largest absolute Gasteiger partial charge is 0.311 e. The Morgan fingerprint density at radius 2 is 2.33 bits per heavy atom. The lowest BCUT2D eigenvalue weighted by Crippen LogP contribution is -2.16. The van der Waals surface area contributed by atoms with Gasteiger partial charge in [0.25, 0.3) is 0 Å². The molecule has 0 amide bonds. The van der Waals surface area contributed by atoms with Gasteiger partial charge in [-0.25, -0.2) is 0 Å². The molecule has 15 heavy (non-hydrogen) atoms. The highest BCUT2D eigenvalue weighted by molar-refractivity contribution is 4.98. The van der Waals surface area contributed by atoms with Gasteiger partial charge in [-0.1, -0.05) is 12.5 Å². The van der Waals surface area contributed by atoms with E-state index in [-0.39, 0.29) is 0 Å². The van der Waals surface area contributed by atoms with Gasteiger partial charge >= 0.3 is 0 Å². The first-order valence-corrected chi connectivity index (χ1v) is 5.63. The summed E-state index contributed by atoms with van der Waals surface area (Å²) in [6.45, 7) is 5.71. The van der Waals surface area contributed by atoms with Crippen LogP contribution in [0.1, 0.15) is 31.4 Å². The van der Waals surface area contributed by atoms with Gasteiger partial charge in [0.1, 0.15) is 0 Å². The van der Waals surface area contributed by atoms with Crippen molar-refractivity contribution in [3.63, 3.8) is 0 Å². The van der Waals surface area contributed by atoms with Crippen LogP contribution in [-0.2, 0) is 13.6 Å². The first-order valence-electron chi connectivity index (χ1n) is 5.63. The lowest BCUT2D eigenvalue weighted by molar-refractivity contribution is 0.582. The average molecular weight is 207 g/mol. The van der Waals surface area contributed by atoms with Crippen molar-refractivity contribution in [1.29, 1.82) is 0 Å². The third kappa shape index (κ3) is 4.79. The van der Waals surface area contributed by atoms with E-state index in [4.69, 9.17) is 0 Å². The first kappa shape index (κ1) is 12.0. The lowest BCUT2D eigenvalue weighted by Gasteiger charge is -2.04. The Morgan fingerprint density at radius 3 is 3.00 bits per heavy atom. The van der Waals surface area contributed by atoms with E-state index in [1.54, 1.807) is 0 Å². The van der Waals surface area contributed by atoms with E-state index in [0.29, 0.717) is 0 Å². The maximum absolute atomic E-state index is 4.12. The zero-order chi connectivity index (χ0) is 10.9. The van der Waals surface area contributed by atoms with Crippen LogP contribution < -0.4 is 5.32 Å². The monoisotopic (exact) mass is 207 g/mol. The van der Waals surface area contributed by atoms with Gasteiger partial charge in [-0.2, -0.15) is 5.10 Å². The van der Waals surface area contributed by atoms with E-state index in [0.717, 1.165) is 19.5 Å². The summed E-state index contributed by atoms with van der Waals surface area (Å²) < 4.78 is 1.91. The minimum atomic E-state index is 0.915. The van der Waals surface area contributed by atoms with Crippen LogP contribution in [0, 0.1) is 0 Å². The average Bonchev–Trinajstić information content (AvgIpc) is 2.63. The summed E-state index contributed by atoms with van der Waals surface area (Å²) in [6, 6.07) is 2.05. The summed E-state index contributed by atoms with van der Waals surface area (Å²) in [4.78, 5) is 0. The maximum Gasteiger partial charge on any atom is 0.0518 e. The molecule has 1 aromatic heterocycles. The van der Waals surface area contributed by atoms with Gasteiger partial charge in [0, 0.05) is 19.8 Å². The van der Waals surface area contributed by atoms with Crippen molar-refractivity contribution >= 4 is 0 Å².